The summed E-state index contributed by atoms with van der Waals surface area (Å²) in [6.45, 7) is 7.99. The summed E-state index contributed by atoms with van der Waals surface area (Å²) in [7, 11) is 0. The Bertz CT molecular complexity index is 846. The summed E-state index contributed by atoms with van der Waals surface area (Å²) in [5.74, 6) is -0.120. The second kappa shape index (κ2) is 8.93. The molecule has 1 saturated heterocycles. The zero-order valence-electron chi connectivity index (χ0n) is 17.9. The summed E-state index contributed by atoms with van der Waals surface area (Å²) in [5.41, 5.74) is 10.7. The van der Waals surface area contributed by atoms with Gasteiger partial charge >= 0.3 is 6.09 Å². The van der Waals surface area contributed by atoms with Crippen molar-refractivity contribution in [2.45, 2.75) is 70.4 Å². The number of rotatable bonds is 3. The molecule has 3 rings (SSSR count). The molecule has 2 aliphatic rings. The summed E-state index contributed by atoms with van der Waals surface area (Å²) in [5, 5.41) is 6.50. The zero-order valence-corrected chi connectivity index (χ0v) is 17.9. The van der Waals surface area contributed by atoms with Gasteiger partial charge in [-0.15, -0.1) is 0 Å². The van der Waals surface area contributed by atoms with E-state index in [4.69, 9.17) is 15.0 Å². The first-order valence-electron chi connectivity index (χ1n) is 10.2. The van der Waals surface area contributed by atoms with Crippen LogP contribution in [-0.4, -0.2) is 53.8 Å². The molecular weight excluding hydrogens is 386 g/mol. The molecule has 4 atom stereocenters. The van der Waals surface area contributed by atoms with Crippen molar-refractivity contribution in [3.8, 4) is 0 Å². The average molecular weight is 415 g/mol. The standard InChI is InChI=1S/C21H29N5O4/c1-13-15-8-6-5-7-14(15)9-10-26(13)19(27)18-11-16(24-25-22)17(12-29-18)23-20(28)30-21(2,3)4/h5-8,13,16-18H,9-12H2,1-4H3,(H,23,28)/t13-,16?,17-,18+/m0/s1. The number of fused-ring (bicyclic) bond motifs is 1. The van der Waals surface area contributed by atoms with Crippen molar-refractivity contribution < 1.29 is 19.1 Å². The second-order valence-electron chi connectivity index (χ2n) is 8.74. The molecule has 1 N–H and O–H groups in total. The molecule has 2 amide bonds. The highest BCUT2D eigenvalue weighted by Gasteiger charge is 2.39. The van der Waals surface area contributed by atoms with Crippen molar-refractivity contribution in [3.05, 3.63) is 45.8 Å². The lowest BCUT2D eigenvalue weighted by molar-refractivity contribution is -0.150. The van der Waals surface area contributed by atoms with Crippen molar-refractivity contribution in [1.29, 1.82) is 0 Å². The maximum absolute atomic E-state index is 13.2. The lowest BCUT2D eigenvalue weighted by Gasteiger charge is -2.40. The van der Waals surface area contributed by atoms with Crippen LogP contribution in [0.4, 0.5) is 4.79 Å². The Morgan fingerprint density at radius 1 is 1.33 bits per heavy atom. The third-order valence-corrected chi connectivity index (χ3v) is 5.45. The van der Waals surface area contributed by atoms with Gasteiger partial charge < -0.3 is 19.7 Å². The Hall–Kier alpha value is -2.77. The molecule has 1 unspecified atom stereocenters. The third kappa shape index (κ3) is 5.04. The smallest absolute Gasteiger partial charge is 0.407 e. The molecule has 30 heavy (non-hydrogen) atoms. The predicted octanol–water partition coefficient (Wildman–Crippen LogP) is 3.49. The monoisotopic (exact) mass is 415 g/mol. The normalized spacial score (nSPS) is 26.2. The predicted molar refractivity (Wildman–Crippen MR) is 111 cm³/mol. The molecule has 2 aliphatic heterocycles. The number of hydrogen-bond donors (Lipinski definition) is 1. The fraction of sp³-hybridized carbons (Fsp3) is 0.619. The SMILES string of the molecule is C[C@H]1c2ccccc2CCN1C(=O)[C@H]1CC(N=[N+]=[N-])[C@@H](NC(=O)OC(C)(C)C)CO1. The Balaban J connectivity index is 1.67. The van der Waals surface area contributed by atoms with Crippen molar-refractivity contribution in [1.82, 2.24) is 10.2 Å². The van der Waals surface area contributed by atoms with Gasteiger partial charge in [0.15, 0.2) is 0 Å². The maximum Gasteiger partial charge on any atom is 0.407 e. The highest BCUT2D eigenvalue weighted by atomic mass is 16.6. The summed E-state index contributed by atoms with van der Waals surface area (Å²) < 4.78 is 11.1. The van der Waals surface area contributed by atoms with Crippen LogP contribution in [-0.2, 0) is 20.7 Å². The first-order valence-corrected chi connectivity index (χ1v) is 10.2. The number of azide groups is 1. The number of carbonyl (C=O) groups is 2. The van der Waals surface area contributed by atoms with Gasteiger partial charge in [0.25, 0.3) is 5.91 Å². The fourth-order valence-electron chi connectivity index (χ4n) is 4.00. The van der Waals surface area contributed by atoms with Gasteiger partial charge in [-0.25, -0.2) is 4.79 Å². The van der Waals surface area contributed by atoms with E-state index in [-0.39, 0.29) is 25.0 Å². The van der Waals surface area contributed by atoms with Crippen LogP contribution in [0.15, 0.2) is 29.4 Å². The summed E-state index contributed by atoms with van der Waals surface area (Å²) in [6.07, 6.45) is -0.333. The largest absolute Gasteiger partial charge is 0.444 e. The molecule has 162 valence electrons. The van der Waals surface area contributed by atoms with Crippen LogP contribution in [0.1, 0.15) is 51.3 Å². The van der Waals surface area contributed by atoms with Gasteiger partial charge in [0.2, 0.25) is 0 Å². The molecule has 0 saturated carbocycles. The minimum absolute atomic E-state index is 0.0541. The van der Waals surface area contributed by atoms with E-state index in [9.17, 15) is 9.59 Å². The molecule has 1 fully saturated rings. The first-order chi connectivity index (χ1) is 14.2. The third-order valence-electron chi connectivity index (χ3n) is 5.45. The van der Waals surface area contributed by atoms with Crippen LogP contribution in [0.5, 0.6) is 0 Å². The molecule has 2 heterocycles. The number of amides is 2. The minimum atomic E-state index is -0.718. The van der Waals surface area contributed by atoms with Crippen molar-refractivity contribution in [2.24, 2.45) is 5.11 Å². The minimum Gasteiger partial charge on any atom is -0.444 e. The fourth-order valence-corrected chi connectivity index (χ4v) is 4.00. The topological polar surface area (TPSA) is 117 Å². The first kappa shape index (κ1) is 21.9. The molecule has 0 radical (unpaired) electrons. The van der Waals surface area contributed by atoms with E-state index < -0.39 is 29.9 Å². The summed E-state index contributed by atoms with van der Waals surface area (Å²) in [4.78, 5) is 30.0. The van der Waals surface area contributed by atoms with Crippen molar-refractivity contribution in [2.75, 3.05) is 13.2 Å². The van der Waals surface area contributed by atoms with E-state index in [1.54, 1.807) is 20.8 Å². The number of ether oxygens (including phenoxy) is 2. The van der Waals surface area contributed by atoms with Gasteiger partial charge in [0.1, 0.15) is 11.7 Å². The van der Waals surface area contributed by atoms with Crippen molar-refractivity contribution in [3.63, 3.8) is 0 Å². The molecule has 0 bridgehead atoms. The average Bonchev–Trinajstić information content (AvgIpc) is 2.68. The highest BCUT2D eigenvalue weighted by molar-refractivity contribution is 5.82. The number of nitrogens with zero attached hydrogens (tertiary/aromatic N) is 4. The molecule has 1 aromatic carbocycles. The zero-order chi connectivity index (χ0) is 21.9. The Kier molecular flexibility index (Phi) is 6.53. The van der Waals surface area contributed by atoms with E-state index in [0.29, 0.717) is 6.54 Å². The number of alkyl carbamates (subject to hydrolysis) is 1. The number of carbonyl (C=O) groups excluding carboxylic acids is 2. The quantitative estimate of drug-likeness (QED) is 0.462. The van der Waals surface area contributed by atoms with Gasteiger partial charge in [-0.2, -0.15) is 0 Å². The summed E-state index contributed by atoms with van der Waals surface area (Å²) in [6, 6.07) is 6.92. The van der Waals surface area contributed by atoms with Crippen LogP contribution >= 0.6 is 0 Å². The van der Waals surface area contributed by atoms with E-state index in [1.807, 2.05) is 30.0 Å². The van der Waals surface area contributed by atoms with Crippen LogP contribution in [0.25, 0.3) is 10.4 Å². The van der Waals surface area contributed by atoms with Gasteiger partial charge in [-0.3, -0.25) is 4.79 Å². The van der Waals surface area contributed by atoms with Crippen LogP contribution in [0, 0.1) is 0 Å². The van der Waals surface area contributed by atoms with Crippen LogP contribution in [0.3, 0.4) is 0 Å². The second-order valence-corrected chi connectivity index (χ2v) is 8.74. The maximum atomic E-state index is 13.2. The van der Waals surface area contributed by atoms with Gasteiger partial charge in [0.05, 0.1) is 24.7 Å². The highest BCUT2D eigenvalue weighted by Crippen LogP contribution is 2.31. The summed E-state index contributed by atoms with van der Waals surface area (Å²) >= 11 is 0. The van der Waals surface area contributed by atoms with Crippen LogP contribution < -0.4 is 5.32 Å². The van der Waals surface area contributed by atoms with E-state index in [2.05, 4.69) is 21.4 Å². The molecule has 0 aromatic heterocycles. The van der Waals surface area contributed by atoms with Gasteiger partial charge in [-0.05, 0) is 57.2 Å². The molecular formula is C21H29N5O4. The van der Waals surface area contributed by atoms with E-state index in [0.717, 1.165) is 12.0 Å². The number of nitrogens with one attached hydrogen (secondary N) is 1. The van der Waals surface area contributed by atoms with Crippen molar-refractivity contribution >= 4 is 12.0 Å². The Morgan fingerprint density at radius 2 is 2.07 bits per heavy atom. The van der Waals surface area contributed by atoms with Gasteiger partial charge in [0, 0.05) is 11.5 Å². The Morgan fingerprint density at radius 3 is 2.77 bits per heavy atom. The van der Waals surface area contributed by atoms with Crippen LogP contribution in [0.2, 0.25) is 0 Å². The number of benzene rings is 1. The molecule has 1 aromatic rings. The van der Waals surface area contributed by atoms with Gasteiger partial charge in [-0.1, -0.05) is 29.4 Å². The molecule has 9 heteroatoms. The van der Waals surface area contributed by atoms with E-state index in [1.165, 1.54) is 5.56 Å². The molecule has 0 spiro atoms. The number of hydrogen-bond acceptors (Lipinski definition) is 5. The Labute approximate surface area is 176 Å². The van der Waals surface area contributed by atoms with E-state index >= 15 is 0 Å². The lowest BCUT2D eigenvalue weighted by Crippen LogP contribution is -2.55. The lowest BCUT2D eigenvalue weighted by atomic mass is 9.92. The molecule has 0 aliphatic carbocycles. The molecule has 9 nitrogen and oxygen atoms in total.